The number of benzene rings is 8. The zero-order valence-corrected chi connectivity index (χ0v) is 45.0. The summed E-state index contributed by atoms with van der Waals surface area (Å²) < 4.78 is 78.8. The summed E-state index contributed by atoms with van der Waals surface area (Å²) in [6, 6.07) is 58.7. The van der Waals surface area contributed by atoms with E-state index in [-0.39, 0.29) is 37.2 Å². The van der Waals surface area contributed by atoms with Crippen LogP contribution >= 0.6 is 11.8 Å². The van der Waals surface area contributed by atoms with Gasteiger partial charge in [-0.3, -0.25) is 0 Å². The number of hydrogen-bond acceptors (Lipinski definition) is 9. The van der Waals surface area contributed by atoms with Gasteiger partial charge < -0.3 is 18.9 Å². The molecule has 0 fully saturated rings. The first kappa shape index (κ1) is 52.5. The molecular formula is C62H62O8S3. The first-order valence-corrected chi connectivity index (χ1v) is 28.3. The standard InChI is InChI=1S/C62H62O8S3/c1-9-61(6,7)47-15-35-57(36-16-47)72(63,64)59-39-27-53(28-40-59)69-51-21-13-46(14-22-51)45-11-19-50(20-12-45)68-44(5)62(8,10-2)48-17-37-58(38-18-48)73(65,66)60-41-29-54(30-42-60)70-52-25-33-56(34-26-52)71-55-31-23-49(24-32-55)67-43(3)4/h11-44H,9-10H2,1-8H3. The third-order valence-corrected chi connectivity index (χ3v) is 18.2. The van der Waals surface area contributed by atoms with Gasteiger partial charge in [-0.25, -0.2) is 16.8 Å². The molecule has 0 N–H and O–H groups in total. The van der Waals surface area contributed by atoms with Crippen molar-refractivity contribution >= 4 is 31.4 Å². The molecule has 11 heteroatoms. The van der Waals surface area contributed by atoms with Gasteiger partial charge in [0.05, 0.1) is 25.7 Å². The summed E-state index contributed by atoms with van der Waals surface area (Å²) in [5.41, 5.74) is 3.62. The minimum Gasteiger partial charge on any atom is -0.491 e. The molecule has 376 valence electrons. The zero-order chi connectivity index (χ0) is 52.0. The Morgan fingerprint density at radius 2 is 0.712 bits per heavy atom. The molecule has 0 aromatic heterocycles. The first-order chi connectivity index (χ1) is 34.9. The van der Waals surface area contributed by atoms with Crippen LogP contribution in [0.3, 0.4) is 0 Å². The van der Waals surface area contributed by atoms with E-state index in [1.54, 1.807) is 84.6 Å². The van der Waals surface area contributed by atoms with E-state index < -0.39 is 25.1 Å². The Balaban J connectivity index is 0.837. The minimum atomic E-state index is -3.80. The monoisotopic (exact) mass is 1030 g/mol. The Kier molecular flexibility index (Phi) is 15.9. The second-order valence-electron chi connectivity index (χ2n) is 19.2. The van der Waals surface area contributed by atoms with E-state index in [2.05, 4.69) is 34.6 Å². The largest absolute Gasteiger partial charge is 0.491 e. The molecule has 8 rings (SSSR count). The smallest absolute Gasteiger partial charge is 0.206 e. The molecule has 2 atom stereocenters. The summed E-state index contributed by atoms with van der Waals surface area (Å²) >= 11 is 1.64. The van der Waals surface area contributed by atoms with E-state index in [1.165, 1.54) is 0 Å². The Morgan fingerprint density at radius 1 is 0.397 bits per heavy atom. The van der Waals surface area contributed by atoms with Crippen molar-refractivity contribution in [1.29, 1.82) is 0 Å². The van der Waals surface area contributed by atoms with Gasteiger partial charge >= 0.3 is 0 Å². The van der Waals surface area contributed by atoms with E-state index in [0.29, 0.717) is 23.0 Å². The van der Waals surface area contributed by atoms with Gasteiger partial charge in [0.15, 0.2) is 0 Å². The van der Waals surface area contributed by atoms with Crippen LogP contribution in [0.2, 0.25) is 0 Å². The molecule has 0 aliphatic heterocycles. The number of sulfone groups is 2. The SMILES string of the molecule is CCC(C)(C)c1ccc(S(=O)(=O)c2ccc(Oc3ccc(-c4ccc(OC(C)C(C)(CC)c5ccc(S(=O)(=O)c6ccc(Oc7ccc(Sc8ccc(OC(C)C)cc8)cc7)cc6)cc5)cc4)cc3)cc2)cc1. The quantitative estimate of drug-likeness (QED) is 0.0738. The summed E-state index contributed by atoms with van der Waals surface area (Å²) in [6.07, 6.45) is 1.59. The third kappa shape index (κ3) is 12.4. The fourth-order valence-corrected chi connectivity index (χ4v) is 11.6. The zero-order valence-electron chi connectivity index (χ0n) is 42.5. The van der Waals surface area contributed by atoms with Crippen molar-refractivity contribution in [3.8, 4) is 45.6 Å². The summed E-state index contributed by atoms with van der Waals surface area (Å²) in [5, 5.41) is 0. The lowest BCUT2D eigenvalue weighted by Gasteiger charge is -2.35. The number of rotatable bonds is 20. The molecule has 0 bridgehead atoms. The van der Waals surface area contributed by atoms with Crippen LogP contribution in [0.5, 0.6) is 34.5 Å². The summed E-state index contributed by atoms with van der Waals surface area (Å²) in [6.45, 7) is 16.7. The second kappa shape index (κ2) is 22.1. The highest BCUT2D eigenvalue weighted by Gasteiger charge is 2.34. The number of hydrogen-bond donors (Lipinski definition) is 0. The van der Waals surface area contributed by atoms with Gasteiger partial charge in [-0.1, -0.05) is 94.9 Å². The molecule has 8 aromatic carbocycles. The van der Waals surface area contributed by atoms with E-state index in [0.717, 1.165) is 56.4 Å². The van der Waals surface area contributed by atoms with Gasteiger partial charge in [0.2, 0.25) is 19.7 Å². The molecule has 0 heterocycles. The van der Waals surface area contributed by atoms with Crippen LogP contribution in [0.1, 0.15) is 79.4 Å². The lowest BCUT2D eigenvalue weighted by atomic mass is 9.76. The van der Waals surface area contributed by atoms with Crippen molar-refractivity contribution in [2.75, 3.05) is 0 Å². The maximum atomic E-state index is 13.8. The molecular weight excluding hydrogens is 969 g/mol. The summed E-state index contributed by atoms with van der Waals surface area (Å²) in [5.74, 6) is 3.89. The van der Waals surface area contributed by atoms with Crippen LogP contribution in [0.25, 0.3) is 11.1 Å². The highest BCUT2D eigenvalue weighted by molar-refractivity contribution is 7.99. The molecule has 8 nitrogen and oxygen atoms in total. The molecule has 73 heavy (non-hydrogen) atoms. The highest BCUT2D eigenvalue weighted by Crippen LogP contribution is 2.38. The van der Waals surface area contributed by atoms with Crippen molar-refractivity contribution in [3.05, 3.63) is 205 Å². The Hall–Kier alpha value is -6.79. The Bertz CT molecular complexity index is 3320. The van der Waals surface area contributed by atoms with Gasteiger partial charge in [-0.05, 0) is 207 Å². The topological polar surface area (TPSA) is 105 Å². The Morgan fingerprint density at radius 3 is 1.08 bits per heavy atom. The molecule has 0 saturated carbocycles. The minimum absolute atomic E-state index is 0.0306. The van der Waals surface area contributed by atoms with Gasteiger partial charge in [0, 0.05) is 15.2 Å². The maximum Gasteiger partial charge on any atom is 0.206 e. The predicted octanol–water partition coefficient (Wildman–Crippen LogP) is 16.4. The van der Waals surface area contributed by atoms with Crippen LogP contribution in [0, 0.1) is 0 Å². The van der Waals surface area contributed by atoms with Crippen LogP contribution < -0.4 is 18.9 Å². The molecule has 0 aliphatic rings. The van der Waals surface area contributed by atoms with E-state index in [9.17, 15) is 16.8 Å². The molecule has 8 aromatic rings. The molecule has 0 amide bonds. The van der Waals surface area contributed by atoms with Crippen molar-refractivity contribution in [2.24, 2.45) is 0 Å². The van der Waals surface area contributed by atoms with Crippen LogP contribution in [0.4, 0.5) is 0 Å². The van der Waals surface area contributed by atoms with Crippen LogP contribution in [-0.2, 0) is 30.5 Å². The van der Waals surface area contributed by atoms with Gasteiger partial charge in [-0.15, -0.1) is 0 Å². The average molecular weight is 1030 g/mol. The predicted molar refractivity (Wildman–Crippen MR) is 293 cm³/mol. The van der Waals surface area contributed by atoms with Gasteiger partial charge in [0.25, 0.3) is 0 Å². The van der Waals surface area contributed by atoms with E-state index >= 15 is 0 Å². The summed E-state index contributed by atoms with van der Waals surface area (Å²) in [4.78, 5) is 3.01. The molecule has 0 aliphatic carbocycles. The average Bonchev–Trinajstić information content (AvgIpc) is 3.40. The third-order valence-electron chi connectivity index (χ3n) is 13.6. The second-order valence-corrected chi connectivity index (χ2v) is 24.3. The van der Waals surface area contributed by atoms with Crippen molar-refractivity contribution in [3.63, 3.8) is 0 Å². The maximum absolute atomic E-state index is 13.8. The van der Waals surface area contributed by atoms with Crippen molar-refractivity contribution < 1.29 is 35.8 Å². The van der Waals surface area contributed by atoms with E-state index in [1.807, 2.05) is 142 Å². The van der Waals surface area contributed by atoms with Gasteiger partial charge in [-0.2, -0.15) is 0 Å². The van der Waals surface area contributed by atoms with Crippen molar-refractivity contribution in [1.82, 2.24) is 0 Å². The molecule has 0 radical (unpaired) electrons. The van der Waals surface area contributed by atoms with Crippen molar-refractivity contribution in [2.45, 2.75) is 121 Å². The Labute approximate surface area is 436 Å². The first-order valence-electron chi connectivity index (χ1n) is 24.6. The number of ether oxygens (including phenoxy) is 4. The molecule has 0 saturated heterocycles. The lowest BCUT2D eigenvalue weighted by Crippen LogP contribution is -2.38. The lowest BCUT2D eigenvalue weighted by molar-refractivity contribution is 0.128. The molecule has 2 unspecified atom stereocenters. The van der Waals surface area contributed by atoms with Crippen LogP contribution in [0.15, 0.2) is 223 Å². The fraction of sp³-hybridized carbons (Fsp3) is 0.226. The van der Waals surface area contributed by atoms with Gasteiger partial charge in [0.1, 0.15) is 40.6 Å². The van der Waals surface area contributed by atoms with Crippen LogP contribution in [-0.4, -0.2) is 29.0 Å². The normalized spacial score (nSPS) is 13.2. The van der Waals surface area contributed by atoms with E-state index in [4.69, 9.17) is 18.9 Å². The summed E-state index contributed by atoms with van der Waals surface area (Å²) in [7, 11) is -7.48. The fourth-order valence-electron chi connectivity index (χ4n) is 8.29. The highest BCUT2D eigenvalue weighted by atomic mass is 32.2. The molecule has 0 spiro atoms.